The standard InChI is InChI=1S/C15H15ClFNO2/c16-13(17)14(19)18-9-3-7-15(10-18)8-6-11-4-1-2-5-12(11)20-15/h1-2,4-6,8,13H,3,7,9-10H2. The molecule has 0 bridgehead atoms. The lowest BCUT2D eigenvalue weighted by Gasteiger charge is -2.42. The number of amides is 1. The Morgan fingerprint density at radius 2 is 2.25 bits per heavy atom. The van der Waals surface area contributed by atoms with E-state index < -0.39 is 17.1 Å². The predicted octanol–water partition coefficient (Wildman–Crippen LogP) is 2.99. The first kappa shape index (κ1) is 13.4. The number of alkyl halides is 2. The quantitative estimate of drug-likeness (QED) is 0.746. The summed E-state index contributed by atoms with van der Waals surface area (Å²) in [6.07, 6.45) is 5.54. The maximum absolute atomic E-state index is 13.0. The number of para-hydroxylation sites is 1. The zero-order chi connectivity index (χ0) is 14.2. The van der Waals surface area contributed by atoms with Gasteiger partial charge in [-0.1, -0.05) is 35.9 Å². The molecule has 0 radical (unpaired) electrons. The minimum absolute atomic E-state index is 0.337. The van der Waals surface area contributed by atoms with E-state index in [1.165, 1.54) is 4.90 Å². The van der Waals surface area contributed by atoms with Crippen LogP contribution in [-0.4, -0.2) is 35.1 Å². The molecule has 5 heteroatoms. The first-order valence-electron chi connectivity index (χ1n) is 6.64. The highest BCUT2D eigenvalue weighted by Crippen LogP contribution is 2.36. The van der Waals surface area contributed by atoms with Crippen LogP contribution in [0.25, 0.3) is 6.08 Å². The number of ether oxygens (including phenoxy) is 1. The monoisotopic (exact) mass is 295 g/mol. The molecule has 106 valence electrons. The van der Waals surface area contributed by atoms with E-state index in [1.807, 2.05) is 36.4 Å². The normalized spacial score (nSPS) is 26.0. The number of rotatable bonds is 1. The number of benzene rings is 1. The van der Waals surface area contributed by atoms with Gasteiger partial charge in [0.05, 0.1) is 6.54 Å². The average Bonchev–Trinajstić information content (AvgIpc) is 2.46. The van der Waals surface area contributed by atoms with E-state index in [2.05, 4.69) is 0 Å². The Morgan fingerprint density at radius 3 is 3.05 bits per heavy atom. The maximum atomic E-state index is 13.0. The Morgan fingerprint density at radius 1 is 1.45 bits per heavy atom. The lowest BCUT2D eigenvalue weighted by Crippen LogP contribution is -2.54. The molecule has 0 aromatic heterocycles. The van der Waals surface area contributed by atoms with E-state index in [9.17, 15) is 9.18 Å². The molecular formula is C15H15ClFNO2. The molecule has 1 fully saturated rings. The molecule has 1 amide bonds. The van der Waals surface area contributed by atoms with Crippen molar-refractivity contribution in [3.8, 4) is 5.75 Å². The summed E-state index contributed by atoms with van der Waals surface area (Å²) >= 11 is 5.25. The fraction of sp³-hybridized carbons (Fsp3) is 0.400. The van der Waals surface area contributed by atoms with Gasteiger partial charge in [-0.25, -0.2) is 4.39 Å². The van der Waals surface area contributed by atoms with Gasteiger partial charge in [-0.3, -0.25) is 4.79 Å². The van der Waals surface area contributed by atoms with E-state index in [-0.39, 0.29) is 0 Å². The molecule has 3 nitrogen and oxygen atoms in total. The Labute approximate surface area is 122 Å². The largest absolute Gasteiger partial charge is 0.481 e. The fourth-order valence-corrected chi connectivity index (χ4v) is 2.94. The molecule has 2 unspecified atom stereocenters. The molecule has 2 aliphatic rings. The van der Waals surface area contributed by atoms with E-state index in [1.54, 1.807) is 0 Å². The zero-order valence-electron chi connectivity index (χ0n) is 10.9. The van der Waals surface area contributed by atoms with E-state index in [4.69, 9.17) is 16.3 Å². The molecule has 0 saturated carbocycles. The number of likely N-dealkylation sites (tertiary alicyclic amines) is 1. The molecule has 1 aromatic rings. The molecule has 0 aliphatic carbocycles. The smallest absolute Gasteiger partial charge is 0.272 e. The molecule has 2 atom stereocenters. The zero-order valence-corrected chi connectivity index (χ0v) is 11.6. The Hall–Kier alpha value is -1.55. The van der Waals surface area contributed by atoms with E-state index >= 15 is 0 Å². The van der Waals surface area contributed by atoms with Crippen molar-refractivity contribution in [2.75, 3.05) is 13.1 Å². The van der Waals surface area contributed by atoms with Gasteiger partial charge in [0.2, 0.25) is 0 Å². The van der Waals surface area contributed by atoms with Gasteiger partial charge in [0, 0.05) is 12.1 Å². The Kier molecular flexibility index (Phi) is 3.42. The van der Waals surface area contributed by atoms with Crippen molar-refractivity contribution < 1.29 is 13.9 Å². The second-order valence-electron chi connectivity index (χ2n) is 5.20. The summed E-state index contributed by atoms with van der Waals surface area (Å²) in [6, 6.07) is 7.73. The van der Waals surface area contributed by atoms with Crippen LogP contribution in [0.2, 0.25) is 0 Å². The highest BCUT2D eigenvalue weighted by atomic mass is 35.5. The van der Waals surface area contributed by atoms with Crippen LogP contribution in [0.4, 0.5) is 4.39 Å². The van der Waals surface area contributed by atoms with Crippen molar-refractivity contribution >= 4 is 23.6 Å². The van der Waals surface area contributed by atoms with Gasteiger partial charge in [0.15, 0.2) is 0 Å². The van der Waals surface area contributed by atoms with Gasteiger partial charge >= 0.3 is 0 Å². The number of hydrogen-bond acceptors (Lipinski definition) is 2. The van der Waals surface area contributed by atoms with Crippen LogP contribution in [0.1, 0.15) is 18.4 Å². The van der Waals surface area contributed by atoms with Crippen molar-refractivity contribution in [3.05, 3.63) is 35.9 Å². The number of piperidine rings is 1. The minimum Gasteiger partial charge on any atom is -0.481 e. The second-order valence-corrected chi connectivity index (χ2v) is 5.59. The van der Waals surface area contributed by atoms with E-state index in [0.29, 0.717) is 13.1 Å². The summed E-state index contributed by atoms with van der Waals surface area (Å²) < 4.78 is 19.1. The van der Waals surface area contributed by atoms with Crippen LogP contribution in [0.3, 0.4) is 0 Å². The molecule has 20 heavy (non-hydrogen) atoms. The lowest BCUT2D eigenvalue weighted by atomic mass is 9.89. The van der Waals surface area contributed by atoms with Crippen LogP contribution >= 0.6 is 11.6 Å². The molecule has 1 saturated heterocycles. The Bertz CT molecular complexity index is 561. The third-order valence-corrected chi connectivity index (χ3v) is 3.97. The number of fused-ring (bicyclic) bond motifs is 1. The van der Waals surface area contributed by atoms with Gasteiger partial charge in [-0.2, -0.15) is 0 Å². The van der Waals surface area contributed by atoms with E-state index in [0.717, 1.165) is 24.2 Å². The Balaban J connectivity index is 1.83. The van der Waals surface area contributed by atoms with Gasteiger partial charge in [0.25, 0.3) is 11.5 Å². The summed E-state index contributed by atoms with van der Waals surface area (Å²) in [6.45, 7) is 0.858. The molecule has 2 aliphatic heterocycles. The van der Waals surface area contributed by atoms with Crippen LogP contribution in [-0.2, 0) is 4.79 Å². The topological polar surface area (TPSA) is 29.5 Å². The van der Waals surface area contributed by atoms with Crippen LogP contribution in [0.5, 0.6) is 5.75 Å². The predicted molar refractivity (Wildman–Crippen MR) is 75.4 cm³/mol. The average molecular weight is 296 g/mol. The minimum atomic E-state index is -1.98. The summed E-state index contributed by atoms with van der Waals surface area (Å²) in [7, 11) is 0. The van der Waals surface area contributed by atoms with Crippen molar-refractivity contribution in [1.82, 2.24) is 4.90 Å². The SMILES string of the molecule is O=C(C(F)Cl)N1CCCC2(C=Cc3ccccc3O2)C1. The maximum Gasteiger partial charge on any atom is 0.272 e. The van der Waals surface area contributed by atoms with Crippen LogP contribution in [0, 0.1) is 0 Å². The van der Waals surface area contributed by atoms with Crippen LogP contribution in [0.15, 0.2) is 30.3 Å². The summed E-state index contributed by atoms with van der Waals surface area (Å²) in [5, 5.41) is 0. The van der Waals surface area contributed by atoms with Crippen molar-refractivity contribution in [1.29, 1.82) is 0 Å². The van der Waals surface area contributed by atoms with Crippen molar-refractivity contribution in [2.24, 2.45) is 0 Å². The first-order chi connectivity index (χ1) is 9.60. The number of carbonyl (C=O) groups excluding carboxylic acids is 1. The van der Waals surface area contributed by atoms with Crippen molar-refractivity contribution in [3.63, 3.8) is 0 Å². The molecule has 0 N–H and O–H groups in total. The molecule has 3 rings (SSSR count). The lowest BCUT2D eigenvalue weighted by molar-refractivity contribution is -0.138. The van der Waals surface area contributed by atoms with Gasteiger partial charge in [0.1, 0.15) is 11.4 Å². The third-order valence-electron chi connectivity index (χ3n) is 3.78. The summed E-state index contributed by atoms with van der Waals surface area (Å²) in [5.74, 6) is 0.119. The summed E-state index contributed by atoms with van der Waals surface area (Å²) in [4.78, 5) is 13.2. The number of halogens is 2. The summed E-state index contributed by atoms with van der Waals surface area (Å²) in [5.41, 5.74) is -1.53. The van der Waals surface area contributed by atoms with Gasteiger partial charge in [-0.05, 0) is 25.0 Å². The fourth-order valence-electron chi connectivity index (χ4n) is 2.80. The molecule has 1 aromatic carbocycles. The van der Waals surface area contributed by atoms with Gasteiger partial charge in [-0.15, -0.1) is 0 Å². The molecular weight excluding hydrogens is 281 g/mol. The first-order valence-corrected chi connectivity index (χ1v) is 7.08. The molecule has 2 heterocycles. The third kappa shape index (κ3) is 2.40. The number of hydrogen-bond donors (Lipinski definition) is 0. The van der Waals surface area contributed by atoms with Gasteiger partial charge < -0.3 is 9.64 Å². The second kappa shape index (κ2) is 5.09. The highest BCUT2D eigenvalue weighted by molar-refractivity contribution is 6.29. The molecule has 1 spiro atoms. The van der Waals surface area contributed by atoms with Crippen molar-refractivity contribution in [2.45, 2.75) is 24.1 Å². The van der Waals surface area contributed by atoms with Crippen LogP contribution < -0.4 is 4.74 Å². The highest BCUT2D eigenvalue weighted by Gasteiger charge is 2.40. The number of nitrogens with zero attached hydrogens (tertiary/aromatic N) is 1. The number of carbonyl (C=O) groups is 1.